The molecule has 0 fully saturated rings. The van der Waals surface area contributed by atoms with Gasteiger partial charge in [-0.05, 0) is 57.4 Å². The Morgan fingerprint density at radius 3 is 2.19 bits per heavy atom. The van der Waals surface area contributed by atoms with Crippen molar-refractivity contribution < 1.29 is 47.0 Å². The molecule has 4 aromatic heterocycles. The van der Waals surface area contributed by atoms with Gasteiger partial charge < -0.3 is 43.6 Å². The number of carbonyl (C=O) groups excluding carboxylic acids is 5. The molecule has 4 heterocycles. The third-order valence-electron chi connectivity index (χ3n) is 9.75. The number of Topliss-reactive ketones (excluding diaryl/α,β-unsaturated/α-hetero) is 1. The number of nitrogens with zero attached hydrogens (tertiary/aromatic N) is 6. The van der Waals surface area contributed by atoms with E-state index in [1.54, 1.807) is 48.1 Å². The summed E-state index contributed by atoms with van der Waals surface area (Å²) in [5.41, 5.74) is 14.1. The Balaban J connectivity index is 1.41. The van der Waals surface area contributed by atoms with Crippen LogP contribution in [-0.2, 0) is 35.5 Å². The SMILES string of the molecule is CCc1nc(C)oc1C(=O)N=c1sc2cc(C(C)=O)cc(OC)c2n1C/C=C/Cn1c(NC(=O)c2oc(C)nc2CC)nc2cc(C(N)=O)cc(OCCCC(=O)O[C@@H](C)CN)c21. The first kappa shape index (κ1) is 45.6. The van der Waals surface area contributed by atoms with Crippen molar-refractivity contribution in [3.8, 4) is 11.5 Å². The molecule has 0 spiro atoms. The molecule has 0 bridgehead atoms. The molecule has 332 valence electrons. The number of hydrogen-bond acceptors (Lipinski definition) is 15. The maximum atomic E-state index is 13.7. The largest absolute Gasteiger partial charge is 0.494 e. The van der Waals surface area contributed by atoms with Crippen LogP contribution < -0.4 is 31.1 Å². The van der Waals surface area contributed by atoms with E-state index in [9.17, 15) is 24.0 Å². The number of methoxy groups -OCH3 is 1. The van der Waals surface area contributed by atoms with Gasteiger partial charge in [-0.15, -0.1) is 0 Å². The van der Waals surface area contributed by atoms with Crippen molar-refractivity contribution in [3.05, 3.63) is 87.0 Å². The quantitative estimate of drug-likeness (QED) is 0.0399. The van der Waals surface area contributed by atoms with Gasteiger partial charge in [0.05, 0.1) is 35.3 Å². The van der Waals surface area contributed by atoms with Crippen LogP contribution in [0.1, 0.15) is 106 Å². The number of aromatic nitrogens is 5. The highest BCUT2D eigenvalue weighted by Gasteiger charge is 2.24. The zero-order chi connectivity index (χ0) is 45.5. The van der Waals surface area contributed by atoms with E-state index in [0.717, 1.165) is 0 Å². The van der Waals surface area contributed by atoms with Crippen LogP contribution in [0.4, 0.5) is 5.95 Å². The lowest BCUT2D eigenvalue weighted by atomic mass is 10.1. The molecule has 63 heavy (non-hydrogen) atoms. The number of oxazole rings is 2. The second-order valence-corrected chi connectivity index (χ2v) is 15.4. The standard InChI is InChI=1S/C43H49N9O10S/c1-8-28-37(61-24(5)46-28)40(56)49-42-48-30-17-27(39(45)55)19-32(59-16-12-13-34(54)60-22(3)21-44)35(30)51(42)14-10-11-15-52-36-31(58-7)18-26(23(4)53)20-33(36)63-43(52)50-41(57)38-29(9-2)47-25(6)62-38/h10-11,17-20,22H,8-9,12-16,21,44H2,1-7H3,(H2,45,55)(H,48,49,56)/b11-10+,50-43?/t22-/m0/s1. The lowest BCUT2D eigenvalue weighted by Crippen LogP contribution is -2.23. The molecule has 1 atom stereocenters. The molecule has 0 saturated carbocycles. The van der Waals surface area contributed by atoms with Gasteiger partial charge >= 0.3 is 11.9 Å². The minimum atomic E-state index is -0.735. The van der Waals surface area contributed by atoms with Crippen LogP contribution in [0, 0.1) is 13.8 Å². The fourth-order valence-electron chi connectivity index (χ4n) is 6.69. The monoisotopic (exact) mass is 883 g/mol. The van der Waals surface area contributed by atoms with Gasteiger partial charge in [0.25, 0.3) is 5.91 Å². The van der Waals surface area contributed by atoms with Gasteiger partial charge in [0, 0.05) is 51.0 Å². The van der Waals surface area contributed by atoms with Gasteiger partial charge in [-0.1, -0.05) is 37.3 Å². The number of carbonyl (C=O) groups is 5. The van der Waals surface area contributed by atoms with E-state index >= 15 is 0 Å². The summed E-state index contributed by atoms with van der Waals surface area (Å²) < 4.78 is 32.6. The van der Waals surface area contributed by atoms with Gasteiger partial charge in [0.1, 0.15) is 28.6 Å². The van der Waals surface area contributed by atoms with Crippen LogP contribution in [0.15, 0.2) is 50.2 Å². The second-order valence-electron chi connectivity index (χ2n) is 14.4. The predicted octanol–water partition coefficient (Wildman–Crippen LogP) is 5.38. The maximum absolute atomic E-state index is 13.7. The Kier molecular flexibility index (Phi) is 14.4. The molecule has 2 aromatic carbocycles. The van der Waals surface area contributed by atoms with Crippen molar-refractivity contribution >= 4 is 68.0 Å². The Morgan fingerprint density at radius 2 is 1.56 bits per heavy atom. The zero-order valence-corrected chi connectivity index (χ0v) is 36.8. The van der Waals surface area contributed by atoms with Crippen molar-refractivity contribution in [3.63, 3.8) is 0 Å². The molecule has 6 aromatic rings. The second kappa shape index (κ2) is 19.8. The Hall–Kier alpha value is -6.93. The first-order chi connectivity index (χ1) is 30.1. The van der Waals surface area contributed by atoms with Crippen molar-refractivity contribution in [2.75, 3.05) is 25.6 Å². The summed E-state index contributed by atoms with van der Waals surface area (Å²) in [5, 5.41) is 2.84. The third kappa shape index (κ3) is 10.2. The summed E-state index contributed by atoms with van der Waals surface area (Å²) in [4.78, 5) is 82.7. The molecule has 0 aliphatic rings. The molecule has 0 aliphatic carbocycles. The van der Waals surface area contributed by atoms with Crippen molar-refractivity contribution in [2.45, 2.75) is 86.4 Å². The first-order valence-corrected chi connectivity index (χ1v) is 21.0. The molecule has 0 radical (unpaired) electrons. The first-order valence-electron chi connectivity index (χ1n) is 20.2. The fraction of sp³-hybridized carbons (Fsp3) is 0.372. The van der Waals surface area contributed by atoms with Gasteiger partial charge in [0.2, 0.25) is 23.4 Å². The van der Waals surface area contributed by atoms with Crippen LogP contribution in [0.2, 0.25) is 0 Å². The average Bonchev–Trinajstić information content (AvgIpc) is 4.02. The Morgan fingerprint density at radius 1 is 0.905 bits per heavy atom. The Labute approximate surface area is 365 Å². The number of benzene rings is 2. The minimum Gasteiger partial charge on any atom is -0.494 e. The molecule has 6 rings (SSSR count). The van der Waals surface area contributed by atoms with Crippen molar-refractivity contribution in [1.29, 1.82) is 0 Å². The van der Waals surface area contributed by atoms with Crippen LogP contribution >= 0.6 is 11.3 Å². The lowest BCUT2D eigenvalue weighted by Gasteiger charge is -2.13. The number of amides is 3. The molecule has 19 nitrogen and oxygen atoms in total. The minimum absolute atomic E-state index is 0.0225. The number of fused-ring (bicyclic) bond motifs is 2. The number of ketones is 1. The van der Waals surface area contributed by atoms with E-state index in [4.69, 9.17) is 39.5 Å². The number of primary amides is 1. The summed E-state index contributed by atoms with van der Waals surface area (Å²) in [6.07, 6.45) is 4.41. The van der Waals surface area contributed by atoms with E-state index in [0.29, 0.717) is 67.9 Å². The molecule has 0 unspecified atom stereocenters. The van der Waals surface area contributed by atoms with E-state index in [1.165, 1.54) is 37.5 Å². The zero-order valence-electron chi connectivity index (χ0n) is 36.0. The maximum Gasteiger partial charge on any atom is 0.317 e. The highest BCUT2D eigenvalue weighted by molar-refractivity contribution is 7.16. The van der Waals surface area contributed by atoms with Crippen LogP contribution in [-0.4, -0.2) is 79.9 Å². The van der Waals surface area contributed by atoms with Gasteiger partial charge in [0.15, 0.2) is 22.4 Å². The number of esters is 1. The number of nitrogens with two attached hydrogens (primary N) is 2. The molecular weight excluding hydrogens is 835 g/mol. The van der Waals surface area contributed by atoms with Crippen molar-refractivity contribution in [2.24, 2.45) is 16.5 Å². The van der Waals surface area contributed by atoms with Crippen LogP contribution in [0.25, 0.3) is 21.3 Å². The number of aryl methyl sites for hydroxylation is 4. The average molecular weight is 884 g/mol. The van der Waals surface area contributed by atoms with Crippen LogP contribution in [0.3, 0.4) is 0 Å². The van der Waals surface area contributed by atoms with E-state index in [1.807, 2.05) is 19.9 Å². The van der Waals surface area contributed by atoms with E-state index < -0.39 is 29.8 Å². The topological polar surface area (TPSA) is 264 Å². The van der Waals surface area contributed by atoms with Gasteiger partial charge in [-0.2, -0.15) is 4.99 Å². The van der Waals surface area contributed by atoms with Crippen molar-refractivity contribution in [1.82, 2.24) is 24.1 Å². The number of ether oxygens (including phenoxy) is 3. The number of imidazole rings is 1. The molecule has 5 N–H and O–H groups in total. The molecule has 20 heteroatoms. The lowest BCUT2D eigenvalue weighted by molar-refractivity contribution is -0.148. The Bertz CT molecular complexity index is 2830. The smallest absolute Gasteiger partial charge is 0.317 e. The number of rotatable bonds is 19. The number of allylic oxidation sites excluding steroid dienone is 2. The van der Waals surface area contributed by atoms with E-state index in [-0.39, 0.29) is 79.2 Å². The third-order valence-corrected chi connectivity index (χ3v) is 10.8. The van der Waals surface area contributed by atoms with E-state index in [2.05, 4.69) is 20.3 Å². The highest BCUT2D eigenvalue weighted by atomic mass is 32.1. The molecular formula is C43H49N9O10S. The summed E-state index contributed by atoms with van der Waals surface area (Å²) >= 11 is 1.20. The fourth-order valence-corrected chi connectivity index (χ4v) is 7.79. The normalized spacial score (nSPS) is 12.3. The summed E-state index contributed by atoms with van der Waals surface area (Å²) in [5.74, 6) is -1.14. The van der Waals surface area contributed by atoms with Gasteiger partial charge in [-0.3, -0.25) is 29.3 Å². The van der Waals surface area contributed by atoms with Gasteiger partial charge in [-0.25, -0.2) is 15.0 Å². The highest BCUT2D eigenvalue weighted by Crippen LogP contribution is 2.33. The number of anilines is 1. The number of thiazole rings is 1. The molecule has 0 aliphatic heterocycles. The summed E-state index contributed by atoms with van der Waals surface area (Å²) in [6, 6.07) is 6.32. The number of hydrogen-bond donors (Lipinski definition) is 3. The number of nitrogens with one attached hydrogen (secondary N) is 1. The van der Waals surface area contributed by atoms with Crippen LogP contribution in [0.5, 0.6) is 11.5 Å². The molecule has 0 saturated heterocycles. The molecule has 3 amide bonds. The predicted molar refractivity (Wildman–Crippen MR) is 232 cm³/mol. The summed E-state index contributed by atoms with van der Waals surface area (Å²) in [6.45, 7) is 10.6. The summed E-state index contributed by atoms with van der Waals surface area (Å²) in [7, 11) is 1.49.